The number of aliphatic hydroxyl groups is 4. The fraction of sp³-hybridized carbons (Fsp3) is 0.533. The minimum atomic E-state index is -0.788. The molecule has 0 spiro atoms. The second-order valence-electron chi connectivity index (χ2n) is 4.56. The highest BCUT2D eigenvalue weighted by Gasteiger charge is 2.10. The highest BCUT2D eigenvalue weighted by Crippen LogP contribution is 2.20. The van der Waals surface area contributed by atoms with E-state index in [9.17, 15) is 10.2 Å². The van der Waals surface area contributed by atoms with Gasteiger partial charge in [-0.1, -0.05) is 6.92 Å². The summed E-state index contributed by atoms with van der Waals surface area (Å²) in [6.07, 6.45) is 1.55. The first-order valence-electron chi connectivity index (χ1n) is 6.70. The maximum absolute atomic E-state index is 9.90. The summed E-state index contributed by atoms with van der Waals surface area (Å²) in [6.45, 7) is 1.47. The highest BCUT2D eigenvalue weighted by atomic mass is 16.4. The van der Waals surface area contributed by atoms with E-state index < -0.39 is 12.2 Å². The zero-order chi connectivity index (χ0) is 15.0. The minimum absolute atomic E-state index is 0.193. The molecule has 1 rings (SSSR count). The van der Waals surface area contributed by atoms with Crippen molar-refractivity contribution in [3.8, 4) is 0 Å². The van der Waals surface area contributed by atoms with Crippen LogP contribution in [0.2, 0.25) is 0 Å². The van der Waals surface area contributed by atoms with Crippen LogP contribution in [-0.4, -0.2) is 33.1 Å². The van der Waals surface area contributed by atoms with Crippen molar-refractivity contribution in [3.05, 3.63) is 41.0 Å². The topological polar surface area (TPSA) is 94.1 Å². The number of rotatable bonds is 8. The molecule has 0 aliphatic rings. The Kier molecular flexibility index (Phi) is 7.30. The van der Waals surface area contributed by atoms with E-state index in [2.05, 4.69) is 5.73 Å². The largest absolute Gasteiger partial charge is 0.461 e. The predicted molar refractivity (Wildman–Crippen MR) is 73.8 cm³/mol. The van der Waals surface area contributed by atoms with E-state index in [0.717, 1.165) is 12.0 Å². The smallest absolute Gasteiger partial charge is 0.133 e. The van der Waals surface area contributed by atoms with Gasteiger partial charge in [-0.15, -0.1) is 5.73 Å². The summed E-state index contributed by atoms with van der Waals surface area (Å²) in [6, 6.07) is 3.25. The molecule has 0 aliphatic heterocycles. The Morgan fingerprint density at radius 2 is 2.10 bits per heavy atom. The van der Waals surface area contributed by atoms with Crippen LogP contribution < -0.4 is 0 Å². The lowest BCUT2D eigenvalue weighted by Gasteiger charge is -2.07. The first-order chi connectivity index (χ1) is 9.60. The van der Waals surface area contributed by atoms with Crippen LogP contribution in [0.1, 0.15) is 43.8 Å². The molecule has 0 radical (unpaired) electrons. The molecule has 0 saturated carbocycles. The van der Waals surface area contributed by atoms with Crippen molar-refractivity contribution in [1.29, 1.82) is 0 Å². The van der Waals surface area contributed by atoms with Crippen molar-refractivity contribution in [3.63, 3.8) is 0 Å². The third-order valence-electron chi connectivity index (χ3n) is 2.93. The van der Waals surface area contributed by atoms with Crippen molar-refractivity contribution in [2.75, 3.05) is 6.61 Å². The Labute approximate surface area is 118 Å². The van der Waals surface area contributed by atoms with Crippen LogP contribution in [0.5, 0.6) is 0 Å². The monoisotopic (exact) mass is 282 g/mol. The molecule has 5 nitrogen and oxygen atoms in total. The first-order valence-corrected chi connectivity index (χ1v) is 6.70. The standard InChI is InChI=1S/C15H22O5/c1-2-11(8-12(18)9-16)4-3-5-14(19)15-7-6-13(10-17)20-15/h3,6-7,12,14,16-19H,2,5,8-10H2,1H3/t4?,12-,14-/m1/s1. The van der Waals surface area contributed by atoms with Crippen molar-refractivity contribution >= 4 is 0 Å². The van der Waals surface area contributed by atoms with Gasteiger partial charge in [0.05, 0.1) is 12.7 Å². The molecule has 20 heavy (non-hydrogen) atoms. The van der Waals surface area contributed by atoms with Crippen molar-refractivity contribution in [1.82, 2.24) is 0 Å². The van der Waals surface area contributed by atoms with E-state index in [4.69, 9.17) is 14.6 Å². The van der Waals surface area contributed by atoms with Gasteiger partial charge in [0.2, 0.25) is 0 Å². The molecule has 0 unspecified atom stereocenters. The molecule has 1 heterocycles. The summed E-state index contributed by atoms with van der Waals surface area (Å²) >= 11 is 0. The molecule has 4 N–H and O–H groups in total. The van der Waals surface area contributed by atoms with Crippen molar-refractivity contribution in [2.45, 2.75) is 45.0 Å². The predicted octanol–water partition coefficient (Wildman–Crippen LogP) is 1.43. The van der Waals surface area contributed by atoms with Gasteiger partial charge >= 0.3 is 0 Å². The molecule has 0 fully saturated rings. The molecule has 0 bridgehead atoms. The fourth-order valence-corrected chi connectivity index (χ4v) is 1.74. The molecular formula is C15H22O5. The molecule has 5 heteroatoms. The number of furan rings is 1. The van der Waals surface area contributed by atoms with E-state index in [1.54, 1.807) is 18.2 Å². The second-order valence-corrected chi connectivity index (χ2v) is 4.56. The second kappa shape index (κ2) is 8.74. The quantitative estimate of drug-likeness (QED) is 0.541. The van der Waals surface area contributed by atoms with Gasteiger partial charge in [0.1, 0.15) is 24.2 Å². The summed E-state index contributed by atoms with van der Waals surface area (Å²) < 4.78 is 5.23. The lowest BCUT2D eigenvalue weighted by molar-refractivity contribution is 0.0950. The molecule has 112 valence electrons. The van der Waals surface area contributed by atoms with Crippen LogP contribution in [0.15, 0.2) is 33.9 Å². The molecule has 0 amide bonds. The maximum atomic E-state index is 9.90. The zero-order valence-electron chi connectivity index (χ0n) is 11.6. The summed E-state index contributed by atoms with van der Waals surface area (Å²) in [5.74, 6) is 0.819. The summed E-state index contributed by atoms with van der Waals surface area (Å²) in [7, 11) is 0. The van der Waals surface area contributed by atoms with Gasteiger partial charge in [0.15, 0.2) is 0 Å². The van der Waals surface area contributed by atoms with Gasteiger partial charge < -0.3 is 24.8 Å². The first kappa shape index (κ1) is 16.7. The van der Waals surface area contributed by atoms with E-state index in [0.29, 0.717) is 24.4 Å². The molecule has 1 aromatic heterocycles. The highest BCUT2D eigenvalue weighted by molar-refractivity contribution is 5.10. The van der Waals surface area contributed by atoms with Gasteiger partial charge in [0, 0.05) is 12.8 Å². The third-order valence-corrected chi connectivity index (χ3v) is 2.93. The van der Waals surface area contributed by atoms with Crippen LogP contribution in [0, 0.1) is 0 Å². The lowest BCUT2D eigenvalue weighted by Crippen LogP contribution is -2.12. The van der Waals surface area contributed by atoms with Gasteiger partial charge in [-0.3, -0.25) is 0 Å². The van der Waals surface area contributed by atoms with E-state index in [1.165, 1.54) is 0 Å². The summed E-state index contributed by atoms with van der Waals surface area (Å²) in [5, 5.41) is 36.9. The molecule has 0 saturated heterocycles. The zero-order valence-corrected chi connectivity index (χ0v) is 11.6. The average Bonchev–Trinajstić information content (AvgIpc) is 2.94. The van der Waals surface area contributed by atoms with Gasteiger partial charge in [-0.05, 0) is 30.2 Å². The van der Waals surface area contributed by atoms with Crippen LogP contribution in [0.3, 0.4) is 0 Å². The number of hydrogen-bond acceptors (Lipinski definition) is 5. The molecule has 2 atom stereocenters. The van der Waals surface area contributed by atoms with Gasteiger partial charge in [-0.25, -0.2) is 0 Å². The fourth-order valence-electron chi connectivity index (χ4n) is 1.74. The van der Waals surface area contributed by atoms with Crippen molar-refractivity contribution in [2.24, 2.45) is 0 Å². The third kappa shape index (κ3) is 5.33. The maximum Gasteiger partial charge on any atom is 0.133 e. The average molecular weight is 282 g/mol. The Bertz CT molecular complexity index is 457. The van der Waals surface area contributed by atoms with Crippen molar-refractivity contribution < 1.29 is 24.8 Å². The molecule has 0 aromatic carbocycles. The Balaban J connectivity index is 2.60. The Hall–Kier alpha value is -1.36. The van der Waals surface area contributed by atoms with Gasteiger partial charge in [-0.2, -0.15) is 0 Å². The van der Waals surface area contributed by atoms with Crippen LogP contribution in [-0.2, 0) is 6.61 Å². The normalized spacial score (nSPS) is 13.7. The minimum Gasteiger partial charge on any atom is -0.461 e. The molecule has 0 aliphatic carbocycles. The van der Waals surface area contributed by atoms with E-state index in [-0.39, 0.29) is 13.2 Å². The van der Waals surface area contributed by atoms with Crippen LogP contribution in [0.4, 0.5) is 0 Å². The lowest BCUT2D eigenvalue weighted by atomic mass is 10.1. The van der Waals surface area contributed by atoms with Gasteiger partial charge in [0.25, 0.3) is 0 Å². The number of hydrogen-bond donors (Lipinski definition) is 4. The number of aliphatic hydroxyl groups excluding tert-OH is 4. The van der Waals surface area contributed by atoms with Crippen LogP contribution >= 0.6 is 0 Å². The van der Waals surface area contributed by atoms with E-state index >= 15 is 0 Å². The molecular weight excluding hydrogens is 260 g/mol. The summed E-state index contributed by atoms with van der Waals surface area (Å²) in [5.41, 5.74) is 3.91. The van der Waals surface area contributed by atoms with E-state index in [1.807, 2.05) is 6.92 Å². The summed E-state index contributed by atoms with van der Waals surface area (Å²) in [4.78, 5) is 0. The molecule has 1 aromatic rings. The Morgan fingerprint density at radius 3 is 2.65 bits per heavy atom. The Morgan fingerprint density at radius 1 is 1.35 bits per heavy atom. The SMILES string of the molecule is CCC(=C=CC[C@@H](O)c1ccc(CO)o1)C[C@@H](O)CO. The van der Waals surface area contributed by atoms with Crippen LogP contribution in [0.25, 0.3) is 0 Å².